The van der Waals surface area contributed by atoms with Gasteiger partial charge in [0.2, 0.25) is 5.91 Å². The second-order valence-electron chi connectivity index (χ2n) is 6.22. The number of anilines is 2. The summed E-state index contributed by atoms with van der Waals surface area (Å²) in [5.74, 6) is -1.50. The van der Waals surface area contributed by atoms with Crippen molar-refractivity contribution < 1.29 is 19.1 Å². The van der Waals surface area contributed by atoms with Crippen LogP contribution in [0, 0.1) is 6.92 Å². The molecule has 9 heteroatoms. The molecule has 0 bridgehead atoms. The van der Waals surface area contributed by atoms with Crippen molar-refractivity contribution in [2.24, 2.45) is 0 Å². The third-order valence-corrected chi connectivity index (χ3v) is 4.29. The lowest BCUT2D eigenvalue weighted by Crippen LogP contribution is -2.43. The fourth-order valence-corrected chi connectivity index (χ4v) is 2.52. The van der Waals surface area contributed by atoms with E-state index in [0.29, 0.717) is 40.0 Å². The SMILES string of the molecule is CCOc1ccc(NC(=O)C=C(C)NNC(=O)C(=O)Nc2cccc(Cl)c2C)cc1. The first-order chi connectivity index (χ1) is 14.3. The minimum Gasteiger partial charge on any atom is -0.494 e. The third kappa shape index (κ3) is 6.82. The molecule has 0 radical (unpaired) electrons. The van der Waals surface area contributed by atoms with Crippen molar-refractivity contribution in [2.75, 3.05) is 17.2 Å². The number of benzene rings is 2. The van der Waals surface area contributed by atoms with Gasteiger partial charge in [-0.15, -0.1) is 0 Å². The first-order valence-electron chi connectivity index (χ1n) is 9.14. The molecule has 0 aliphatic heterocycles. The Labute approximate surface area is 179 Å². The van der Waals surface area contributed by atoms with Crippen LogP contribution >= 0.6 is 11.6 Å². The van der Waals surface area contributed by atoms with E-state index < -0.39 is 17.7 Å². The molecule has 2 rings (SSSR count). The van der Waals surface area contributed by atoms with Gasteiger partial charge in [-0.3, -0.25) is 19.8 Å². The Bertz CT molecular complexity index is 958. The summed E-state index contributed by atoms with van der Waals surface area (Å²) >= 11 is 5.99. The Balaban J connectivity index is 1.84. The van der Waals surface area contributed by atoms with Crippen LogP contribution in [-0.2, 0) is 14.4 Å². The first-order valence-corrected chi connectivity index (χ1v) is 9.52. The quantitative estimate of drug-likeness (QED) is 0.306. The monoisotopic (exact) mass is 430 g/mol. The van der Waals surface area contributed by atoms with Gasteiger partial charge < -0.3 is 20.8 Å². The van der Waals surface area contributed by atoms with E-state index in [9.17, 15) is 14.4 Å². The molecule has 0 aliphatic rings. The molecular weight excluding hydrogens is 408 g/mol. The fourth-order valence-electron chi connectivity index (χ4n) is 2.35. The van der Waals surface area contributed by atoms with Crippen LogP contribution in [0.5, 0.6) is 5.75 Å². The van der Waals surface area contributed by atoms with Crippen LogP contribution in [0.15, 0.2) is 54.2 Å². The standard InChI is InChI=1S/C21H23ClN4O4/c1-4-30-16-10-8-15(9-11-16)23-19(27)12-13(2)25-26-21(29)20(28)24-18-7-5-6-17(22)14(18)3/h5-12,25H,4H2,1-3H3,(H,23,27)(H,24,28)(H,26,29). The minimum absolute atomic E-state index is 0.332. The second kappa shape index (κ2) is 10.9. The summed E-state index contributed by atoms with van der Waals surface area (Å²) in [4.78, 5) is 36.0. The topological polar surface area (TPSA) is 109 Å². The van der Waals surface area contributed by atoms with E-state index in [4.69, 9.17) is 16.3 Å². The summed E-state index contributed by atoms with van der Waals surface area (Å²) in [6, 6.07) is 11.9. The number of rotatable bonds is 7. The highest BCUT2D eigenvalue weighted by Gasteiger charge is 2.15. The Morgan fingerprint density at radius 1 is 1.00 bits per heavy atom. The maximum atomic E-state index is 12.1. The van der Waals surface area contributed by atoms with E-state index in [-0.39, 0.29) is 0 Å². The highest BCUT2D eigenvalue weighted by Crippen LogP contribution is 2.22. The van der Waals surface area contributed by atoms with Crippen molar-refractivity contribution in [3.63, 3.8) is 0 Å². The predicted octanol–water partition coefficient (Wildman–Crippen LogP) is 3.15. The number of carbonyl (C=O) groups is 3. The summed E-state index contributed by atoms with van der Waals surface area (Å²) in [6.07, 6.45) is 1.25. The van der Waals surface area contributed by atoms with Crippen molar-refractivity contribution >= 4 is 40.7 Å². The van der Waals surface area contributed by atoms with Gasteiger partial charge in [-0.2, -0.15) is 0 Å². The second-order valence-corrected chi connectivity index (χ2v) is 6.63. The summed E-state index contributed by atoms with van der Waals surface area (Å²) in [6.45, 7) is 5.74. The number of ether oxygens (including phenoxy) is 1. The van der Waals surface area contributed by atoms with Gasteiger partial charge in [-0.1, -0.05) is 17.7 Å². The van der Waals surface area contributed by atoms with Crippen LogP contribution in [0.1, 0.15) is 19.4 Å². The number of carbonyl (C=O) groups excluding carboxylic acids is 3. The Morgan fingerprint density at radius 2 is 1.70 bits per heavy atom. The Kier molecular flexibility index (Phi) is 8.25. The van der Waals surface area contributed by atoms with Gasteiger partial charge >= 0.3 is 11.8 Å². The molecule has 158 valence electrons. The van der Waals surface area contributed by atoms with Gasteiger partial charge in [0.25, 0.3) is 0 Å². The van der Waals surface area contributed by atoms with Crippen molar-refractivity contribution in [1.82, 2.24) is 10.9 Å². The average molecular weight is 431 g/mol. The number of allylic oxidation sites excluding steroid dienone is 1. The minimum atomic E-state index is -0.922. The highest BCUT2D eigenvalue weighted by molar-refractivity contribution is 6.40. The van der Waals surface area contributed by atoms with Crippen LogP contribution in [-0.4, -0.2) is 24.3 Å². The lowest BCUT2D eigenvalue weighted by Gasteiger charge is -2.11. The van der Waals surface area contributed by atoms with E-state index in [2.05, 4.69) is 21.5 Å². The van der Waals surface area contributed by atoms with Gasteiger partial charge in [-0.05, 0) is 62.7 Å². The van der Waals surface area contributed by atoms with Crippen LogP contribution in [0.3, 0.4) is 0 Å². The van der Waals surface area contributed by atoms with E-state index in [1.165, 1.54) is 6.08 Å². The summed E-state index contributed by atoms with van der Waals surface area (Å²) in [7, 11) is 0. The molecule has 0 aliphatic carbocycles. The van der Waals surface area contributed by atoms with Crippen LogP contribution < -0.4 is 26.2 Å². The van der Waals surface area contributed by atoms with E-state index in [1.807, 2.05) is 6.92 Å². The molecule has 0 saturated heterocycles. The normalized spacial score (nSPS) is 10.7. The maximum absolute atomic E-state index is 12.1. The van der Waals surface area contributed by atoms with Crippen molar-refractivity contribution in [1.29, 1.82) is 0 Å². The molecule has 0 spiro atoms. The zero-order valence-corrected chi connectivity index (χ0v) is 17.6. The largest absolute Gasteiger partial charge is 0.494 e. The summed E-state index contributed by atoms with van der Waals surface area (Å²) < 4.78 is 5.34. The molecular formula is C21H23ClN4O4. The number of hydrogen-bond donors (Lipinski definition) is 4. The Morgan fingerprint density at radius 3 is 2.37 bits per heavy atom. The molecule has 0 aromatic heterocycles. The molecule has 2 aromatic rings. The van der Waals surface area contributed by atoms with E-state index >= 15 is 0 Å². The number of hydrazine groups is 1. The zero-order valence-electron chi connectivity index (χ0n) is 16.8. The lowest BCUT2D eigenvalue weighted by molar-refractivity contribution is -0.136. The molecule has 0 atom stereocenters. The van der Waals surface area contributed by atoms with Gasteiger partial charge in [0.15, 0.2) is 0 Å². The zero-order chi connectivity index (χ0) is 22.1. The number of amides is 3. The molecule has 0 fully saturated rings. The van der Waals surface area contributed by atoms with Gasteiger partial charge in [-0.25, -0.2) is 0 Å². The molecule has 4 N–H and O–H groups in total. The highest BCUT2D eigenvalue weighted by atomic mass is 35.5. The number of halogens is 1. The predicted molar refractivity (Wildman–Crippen MR) is 116 cm³/mol. The Hall–Kier alpha value is -3.52. The van der Waals surface area contributed by atoms with E-state index in [0.717, 1.165) is 0 Å². The van der Waals surface area contributed by atoms with Crippen LogP contribution in [0.25, 0.3) is 0 Å². The molecule has 2 aromatic carbocycles. The molecule has 3 amide bonds. The third-order valence-electron chi connectivity index (χ3n) is 3.88. The van der Waals surface area contributed by atoms with Gasteiger partial charge in [0, 0.05) is 28.2 Å². The number of hydrogen-bond acceptors (Lipinski definition) is 5. The first kappa shape index (κ1) is 22.8. The van der Waals surface area contributed by atoms with Gasteiger partial charge in [0.1, 0.15) is 5.75 Å². The average Bonchev–Trinajstić information content (AvgIpc) is 2.71. The molecule has 0 heterocycles. The maximum Gasteiger partial charge on any atom is 0.327 e. The van der Waals surface area contributed by atoms with Gasteiger partial charge in [0.05, 0.1) is 6.61 Å². The smallest absolute Gasteiger partial charge is 0.327 e. The summed E-state index contributed by atoms with van der Waals surface area (Å²) in [5.41, 5.74) is 6.75. The van der Waals surface area contributed by atoms with E-state index in [1.54, 1.807) is 56.3 Å². The fraction of sp³-hybridized carbons (Fsp3) is 0.190. The molecule has 0 saturated carbocycles. The van der Waals surface area contributed by atoms with Crippen molar-refractivity contribution in [3.05, 3.63) is 64.8 Å². The van der Waals surface area contributed by atoms with Crippen LogP contribution in [0.4, 0.5) is 11.4 Å². The number of nitrogens with one attached hydrogen (secondary N) is 4. The van der Waals surface area contributed by atoms with Crippen molar-refractivity contribution in [3.8, 4) is 5.75 Å². The molecule has 30 heavy (non-hydrogen) atoms. The molecule has 0 unspecified atom stereocenters. The van der Waals surface area contributed by atoms with Crippen LogP contribution in [0.2, 0.25) is 5.02 Å². The van der Waals surface area contributed by atoms with Crippen molar-refractivity contribution in [2.45, 2.75) is 20.8 Å². The molecule has 8 nitrogen and oxygen atoms in total. The lowest BCUT2D eigenvalue weighted by atomic mass is 10.2. The summed E-state index contributed by atoms with van der Waals surface area (Å²) in [5, 5.41) is 5.63.